The minimum absolute atomic E-state index is 0.377. The second-order valence-corrected chi connectivity index (χ2v) is 2.80. The number of carboxylic acid groups (broad SMARTS) is 2. The number of Topliss-reactive ketones (excluding diaryl/α,β-unsaturated/α-hetero) is 1. The van der Waals surface area contributed by atoms with Crippen LogP contribution in [0.25, 0.3) is 0 Å². The molecule has 0 unspecified atom stereocenters. The molecular weight excluding hydrogens is 164 g/mol. The molecule has 0 aliphatic heterocycles. The van der Waals surface area contributed by atoms with Crippen LogP contribution in [-0.2, 0) is 14.4 Å². The molecule has 66 valence electrons. The number of hydrogen-bond acceptors (Lipinski definition) is 3. The van der Waals surface area contributed by atoms with E-state index in [1.54, 1.807) is 0 Å². The number of rotatable bonds is 3. The van der Waals surface area contributed by atoms with Crippen LogP contribution in [0.15, 0.2) is 0 Å². The van der Waals surface area contributed by atoms with Gasteiger partial charge in [0.1, 0.15) is 0 Å². The van der Waals surface area contributed by atoms with Gasteiger partial charge in [0.15, 0.2) is 0 Å². The van der Waals surface area contributed by atoms with Gasteiger partial charge in [-0.25, -0.2) is 4.79 Å². The van der Waals surface area contributed by atoms with E-state index in [-0.39, 0.29) is 0 Å². The Morgan fingerprint density at radius 3 is 1.75 bits per heavy atom. The van der Waals surface area contributed by atoms with Crippen molar-refractivity contribution in [2.75, 3.05) is 0 Å². The van der Waals surface area contributed by atoms with Gasteiger partial charge in [-0.2, -0.15) is 0 Å². The Morgan fingerprint density at radius 2 is 1.50 bits per heavy atom. The molecule has 12 heavy (non-hydrogen) atoms. The van der Waals surface area contributed by atoms with Crippen molar-refractivity contribution in [3.05, 3.63) is 0 Å². The second kappa shape index (κ2) is 2.92. The second-order valence-electron chi connectivity index (χ2n) is 2.80. The Kier molecular flexibility index (Phi) is 2.12. The maximum Gasteiger partial charge on any atom is 0.372 e. The van der Waals surface area contributed by atoms with Crippen molar-refractivity contribution >= 4 is 17.7 Å². The van der Waals surface area contributed by atoms with E-state index < -0.39 is 29.6 Å². The zero-order valence-corrected chi connectivity index (χ0v) is 6.19. The van der Waals surface area contributed by atoms with Gasteiger partial charge in [0.05, 0.1) is 5.92 Å². The zero-order valence-electron chi connectivity index (χ0n) is 6.19. The van der Waals surface area contributed by atoms with Crippen LogP contribution in [0.5, 0.6) is 0 Å². The lowest BCUT2D eigenvalue weighted by atomic mass is 9.71. The fourth-order valence-corrected chi connectivity index (χ4v) is 1.27. The monoisotopic (exact) mass is 172 g/mol. The van der Waals surface area contributed by atoms with Gasteiger partial charge in [-0.1, -0.05) is 0 Å². The Balaban J connectivity index is 2.60. The number of carbonyl (C=O) groups excluding carboxylic acids is 1. The molecule has 2 atom stereocenters. The number of carboxylic acids is 2. The van der Waals surface area contributed by atoms with E-state index in [0.717, 1.165) is 0 Å². The molecule has 0 heterocycles. The molecule has 1 saturated carbocycles. The minimum Gasteiger partial charge on any atom is -0.481 e. The molecule has 0 radical (unpaired) electrons. The molecule has 1 aliphatic rings. The lowest BCUT2D eigenvalue weighted by Crippen LogP contribution is -2.41. The van der Waals surface area contributed by atoms with Crippen LogP contribution < -0.4 is 0 Å². The standard InChI is InChI=1S/C7H8O5/c8-5(7(11)12)3-1-2-4(3)6(9)10/h3-4H,1-2H2,(H,9,10)(H,11,12)/t3-,4-/m1/s1. The van der Waals surface area contributed by atoms with Gasteiger partial charge in [-0.05, 0) is 12.8 Å². The van der Waals surface area contributed by atoms with E-state index >= 15 is 0 Å². The van der Waals surface area contributed by atoms with Crippen molar-refractivity contribution in [1.29, 1.82) is 0 Å². The van der Waals surface area contributed by atoms with Crippen molar-refractivity contribution in [2.24, 2.45) is 11.8 Å². The average molecular weight is 172 g/mol. The van der Waals surface area contributed by atoms with Crippen molar-refractivity contribution in [3.8, 4) is 0 Å². The summed E-state index contributed by atoms with van der Waals surface area (Å²) in [5.41, 5.74) is 0. The summed E-state index contributed by atoms with van der Waals surface area (Å²) in [6, 6.07) is 0. The highest BCUT2D eigenvalue weighted by atomic mass is 16.4. The Hall–Kier alpha value is -1.39. The highest BCUT2D eigenvalue weighted by molar-refractivity contribution is 6.34. The van der Waals surface area contributed by atoms with Gasteiger partial charge in [-0.15, -0.1) is 0 Å². The molecule has 0 spiro atoms. The largest absolute Gasteiger partial charge is 0.481 e. The molecule has 5 heteroatoms. The maximum absolute atomic E-state index is 10.8. The van der Waals surface area contributed by atoms with Crippen LogP contribution in [0, 0.1) is 11.8 Å². The predicted octanol–water partition coefficient (Wildman–Crippen LogP) is -0.249. The molecule has 0 bridgehead atoms. The third-order valence-electron chi connectivity index (χ3n) is 2.14. The van der Waals surface area contributed by atoms with Gasteiger partial charge in [-0.3, -0.25) is 9.59 Å². The third kappa shape index (κ3) is 1.30. The van der Waals surface area contributed by atoms with Crippen LogP contribution in [0.1, 0.15) is 12.8 Å². The van der Waals surface area contributed by atoms with Gasteiger partial charge in [0.25, 0.3) is 0 Å². The summed E-state index contributed by atoms with van der Waals surface area (Å²) in [6.07, 6.45) is 0.779. The van der Waals surface area contributed by atoms with Gasteiger partial charge < -0.3 is 10.2 Å². The van der Waals surface area contributed by atoms with Crippen LogP contribution in [0.4, 0.5) is 0 Å². The van der Waals surface area contributed by atoms with Crippen LogP contribution in [0.2, 0.25) is 0 Å². The molecule has 1 rings (SSSR count). The topological polar surface area (TPSA) is 91.7 Å². The molecule has 2 N–H and O–H groups in total. The predicted molar refractivity (Wildman–Crippen MR) is 36.5 cm³/mol. The molecule has 0 aromatic carbocycles. The number of ketones is 1. The Morgan fingerprint density at radius 1 is 1.00 bits per heavy atom. The van der Waals surface area contributed by atoms with Gasteiger partial charge in [0.2, 0.25) is 5.78 Å². The third-order valence-corrected chi connectivity index (χ3v) is 2.14. The van der Waals surface area contributed by atoms with Gasteiger partial charge >= 0.3 is 11.9 Å². The van der Waals surface area contributed by atoms with E-state index in [0.29, 0.717) is 12.8 Å². The van der Waals surface area contributed by atoms with Crippen molar-refractivity contribution in [1.82, 2.24) is 0 Å². The fourth-order valence-electron chi connectivity index (χ4n) is 1.27. The number of carbonyl (C=O) groups is 3. The molecule has 1 aliphatic carbocycles. The Bertz CT molecular complexity index is 244. The molecule has 1 fully saturated rings. The molecular formula is C7H8O5. The average Bonchev–Trinajstić information content (AvgIpc) is 1.82. The molecule has 0 aromatic heterocycles. The highest BCUT2D eigenvalue weighted by Gasteiger charge is 2.43. The zero-order chi connectivity index (χ0) is 9.30. The fraction of sp³-hybridized carbons (Fsp3) is 0.571. The van der Waals surface area contributed by atoms with Crippen LogP contribution >= 0.6 is 0 Å². The molecule has 0 amide bonds. The molecule has 0 saturated heterocycles. The van der Waals surface area contributed by atoms with Crippen molar-refractivity contribution in [3.63, 3.8) is 0 Å². The summed E-state index contributed by atoms with van der Waals surface area (Å²) in [5.74, 6) is -5.19. The summed E-state index contributed by atoms with van der Waals surface area (Å²) in [5, 5.41) is 16.8. The van der Waals surface area contributed by atoms with Crippen LogP contribution in [-0.4, -0.2) is 27.9 Å². The Labute approximate surface area is 68.0 Å². The van der Waals surface area contributed by atoms with E-state index in [1.165, 1.54) is 0 Å². The summed E-state index contributed by atoms with van der Waals surface area (Å²) in [6.45, 7) is 0. The molecule has 0 aromatic rings. The lowest BCUT2D eigenvalue weighted by molar-refractivity contribution is -0.159. The highest BCUT2D eigenvalue weighted by Crippen LogP contribution is 2.34. The summed E-state index contributed by atoms with van der Waals surface area (Å²) < 4.78 is 0. The number of hydrogen-bond donors (Lipinski definition) is 2. The quantitative estimate of drug-likeness (QED) is 0.573. The summed E-state index contributed by atoms with van der Waals surface area (Å²) in [7, 11) is 0. The number of aliphatic carboxylic acids is 2. The minimum atomic E-state index is -1.54. The smallest absolute Gasteiger partial charge is 0.372 e. The first-order chi connectivity index (χ1) is 5.54. The lowest BCUT2D eigenvalue weighted by Gasteiger charge is -2.30. The van der Waals surface area contributed by atoms with Crippen LogP contribution in [0.3, 0.4) is 0 Å². The first-order valence-electron chi connectivity index (χ1n) is 3.54. The molecule has 5 nitrogen and oxygen atoms in total. The summed E-state index contributed by atoms with van der Waals surface area (Å²) in [4.78, 5) is 31.3. The SMILES string of the molecule is O=C(O)C(=O)[C@@H]1CC[C@H]1C(=O)O. The first-order valence-corrected chi connectivity index (χ1v) is 3.54. The van der Waals surface area contributed by atoms with E-state index in [4.69, 9.17) is 10.2 Å². The van der Waals surface area contributed by atoms with Crippen molar-refractivity contribution in [2.45, 2.75) is 12.8 Å². The maximum atomic E-state index is 10.8. The normalized spacial score (nSPS) is 27.3. The summed E-state index contributed by atoms with van der Waals surface area (Å²) >= 11 is 0. The van der Waals surface area contributed by atoms with Gasteiger partial charge in [0, 0.05) is 5.92 Å². The van der Waals surface area contributed by atoms with Crippen molar-refractivity contribution < 1.29 is 24.6 Å². The first kappa shape index (κ1) is 8.70. The van der Waals surface area contributed by atoms with E-state index in [2.05, 4.69) is 0 Å². The van der Waals surface area contributed by atoms with E-state index in [1.807, 2.05) is 0 Å². The van der Waals surface area contributed by atoms with E-state index in [9.17, 15) is 14.4 Å².